The predicted molar refractivity (Wildman–Crippen MR) is 79.7 cm³/mol. The maximum absolute atomic E-state index is 11.3. The fourth-order valence-corrected chi connectivity index (χ4v) is 2.26. The highest BCUT2D eigenvalue weighted by Gasteiger charge is 2.13. The first-order valence-electron chi connectivity index (χ1n) is 7.48. The van der Waals surface area contributed by atoms with Crippen LogP contribution in [0.4, 0.5) is 0 Å². The Morgan fingerprint density at radius 1 is 1.25 bits per heavy atom. The molecule has 1 aromatic carbocycles. The summed E-state index contributed by atoms with van der Waals surface area (Å²) in [5.41, 5.74) is 1.27. The maximum Gasteiger partial charge on any atom is 0.221 e. The second kappa shape index (κ2) is 7.90. The summed E-state index contributed by atoms with van der Waals surface area (Å²) >= 11 is 0. The van der Waals surface area contributed by atoms with E-state index in [2.05, 4.69) is 29.3 Å². The van der Waals surface area contributed by atoms with Gasteiger partial charge in [-0.3, -0.25) is 9.69 Å². The number of amides is 1. The number of carbonyl (C=O) groups excluding carboxylic acids is 1. The molecule has 0 radical (unpaired) electrons. The molecule has 0 unspecified atom stereocenters. The van der Waals surface area contributed by atoms with Crippen molar-refractivity contribution in [1.29, 1.82) is 0 Å². The molecule has 1 aliphatic rings. The summed E-state index contributed by atoms with van der Waals surface area (Å²) in [6, 6.07) is 8.29. The topological polar surface area (TPSA) is 41.6 Å². The molecule has 1 aromatic rings. The molecule has 0 spiro atoms. The molecule has 1 saturated heterocycles. The molecule has 0 aliphatic carbocycles. The lowest BCUT2D eigenvalue weighted by Crippen LogP contribution is -2.28. The van der Waals surface area contributed by atoms with Gasteiger partial charge < -0.3 is 10.1 Å². The van der Waals surface area contributed by atoms with Crippen LogP contribution in [-0.4, -0.2) is 37.0 Å². The van der Waals surface area contributed by atoms with E-state index < -0.39 is 0 Å². The molecular weight excluding hydrogens is 252 g/mol. The Morgan fingerprint density at radius 3 is 2.80 bits per heavy atom. The smallest absolute Gasteiger partial charge is 0.221 e. The maximum atomic E-state index is 11.3. The summed E-state index contributed by atoms with van der Waals surface area (Å²) in [4.78, 5) is 13.6. The first kappa shape index (κ1) is 14.9. The largest absolute Gasteiger partial charge is 0.494 e. The number of hydrogen-bond acceptors (Lipinski definition) is 3. The van der Waals surface area contributed by atoms with Crippen molar-refractivity contribution in [3.05, 3.63) is 29.8 Å². The van der Waals surface area contributed by atoms with Crippen molar-refractivity contribution in [2.24, 2.45) is 0 Å². The van der Waals surface area contributed by atoms with E-state index in [1.807, 2.05) is 12.1 Å². The summed E-state index contributed by atoms with van der Waals surface area (Å²) in [7, 11) is 0. The highest BCUT2D eigenvalue weighted by molar-refractivity contribution is 5.76. The van der Waals surface area contributed by atoms with Crippen molar-refractivity contribution < 1.29 is 9.53 Å². The number of unbranched alkanes of at least 4 members (excludes halogenated alkanes) is 1. The third-order valence-electron chi connectivity index (χ3n) is 3.50. The van der Waals surface area contributed by atoms with Crippen molar-refractivity contribution in [3.63, 3.8) is 0 Å². The van der Waals surface area contributed by atoms with Crippen LogP contribution in [0.2, 0.25) is 0 Å². The number of carbonyl (C=O) groups is 1. The molecule has 0 bridgehead atoms. The monoisotopic (exact) mass is 276 g/mol. The van der Waals surface area contributed by atoms with Gasteiger partial charge in [-0.25, -0.2) is 0 Å². The van der Waals surface area contributed by atoms with Gasteiger partial charge in [-0.1, -0.05) is 25.5 Å². The summed E-state index contributed by atoms with van der Waals surface area (Å²) in [5, 5.41) is 2.90. The molecule has 1 heterocycles. The Bertz CT molecular complexity index is 417. The van der Waals surface area contributed by atoms with Gasteiger partial charge in [0, 0.05) is 32.6 Å². The number of rotatable bonds is 6. The number of hydrogen-bond donors (Lipinski definition) is 1. The van der Waals surface area contributed by atoms with E-state index >= 15 is 0 Å². The summed E-state index contributed by atoms with van der Waals surface area (Å²) in [6.07, 6.45) is 2.84. The van der Waals surface area contributed by atoms with Crippen molar-refractivity contribution in [1.82, 2.24) is 10.2 Å². The molecular formula is C16H24N2O2. The lowest BCUT2D eigenvalue weighted by molar-refractivity contribution is -0.120. The SMILES string of the molecule is CCCCOc1ccc(CN2CCNC(=O)CC2)cc1. The normalized spacial score (nSPS) is 16.6. The Labute approximate surface area is 121 Å². The number of nitrogens with zero attached hydrogens (tertiary/aromatic N) is 1. The Hall–Kier alpha value is -1.55. The van der Waals surface area contributed by atoms with Gasteiger partial charge in [0.1, 0.15) is 5.75 Å². The Balaban J connectivity index is 1.82. The van der Waals surface area contributed by atoms with Crippen LogP contribution in [0.5, 0.6) is 5.75 Å². The Kier molecular flexibility index (Phi) is 5.87. The van der Waals surface area contributed by atoms with Crippen LogP contribution in [0.3, 0.4) is 0 Å². The molecule has 1 fully saturated rings. The summed E-state index contributed by atoms with van der Waals surface area (Å²) in [6.45, 7) is 6.34. The van der Waals surface area contributed by atoms with E-state index in [0.717, 1.165) is 51.4 Å². The molecule has 4 nitrogen and oxygen atoms in total. The standard InChI is InChI=1S/C16H24N2O2/c1-2-3-12-20-15-6-4-14(5-7-15)13-18-10-8-16(19)17-9-11-18/h4-7H,2-3,8-13H2,1H3,(H,17,19). The summed E-state index contributed by atoms with van der Waals surface area (Å²) in [5.74, 6) is 1.10. The van der Waals surface area contributed by atoms with Gasteiger partial charge in [0.15, 0.2) is 0 Å². The number of ether oxygens (including phenoxy) is 1. The first-order valence-corrected chi connectivity index (χ1v) is 7.48. The average Bonchev–Trinajstić information content (AvgIpc) is 2.66. The highest BCUT2D eigenvalue weighted by Crippen LogP contribution is 2.14. The highest BCUT2D eigenvalue weighted by atomic mass is 16.5. The van der Waals surface area contributed by atoms with Crippen molar-refractivity contribution >= 4 is 5.91 Å². The van der Waals surface area contributed by atoms with Crippen molar-refractivity contribution in [2.45, 2.75) is 32.7 Å². The van der Waals surface area contributed by atoms with E-state index in [0.29, 0.717) is 6.42 Å². The molecule has 1 amide bonds. The molecule has 110 valence electrons. The lowest BCUT2D eigenvalue weighted by atomic mass is 10.2. The van der Waals surface area contributed by atoms with Gasteiger partial charge in [-0.2, -0.15) is 0 Å². The first-order chi connectivity index (χ1) is 9.78. The van der Waals surface area contributed by atoms with Gasteiger partial charge in [0.05, 0.1) is 6.61 Å². The van der Waals surface area contributed by atoms with E-state index in [4.69, 9.17) is 4.74 Å². The number of nitrogens with one attached hydrogen (secondary N) is 1. The minimum Gasteiger partial charge on any atom is -0.494 e. The zero-order valence-electron chi connectivity index (χ0n) is 12.2. The van der Waals surface area contributed by atoms with Crippen LogP contribution in [0, 0.1) is 0 Å². The average molecular weight is 276 g/mol. The zero-order chi connectivity index (χ0) is 14.2. The van der Waals surface area contributed by atoms with E-state index in [-0.39, 0.29) is 5.91 Å². The van der Waals surface area contributed by atoms with Crippen molar-refractivity contribution in [3.8, 4) is 5.75 Å². The van der Waals surface area contributed by atoms with Gasteiger partial charge in [-0.05, 0) is 24.1 Å². The molecule has 20 heavy (non-hydrogen) atoms. The third-order valence-corrected chi connectivity index (χ3v) is 3.50. The summed E-state index contributed by atoms with van der Waals surface area (Å²) < 4.78 is 5.66. The molecule has 0 saturated carbocycles. The molecule has 4 heteroatoms. The molecule has 2 rings (SSSR count). The van der Waals surface area contributed by atoms with Crippen molar-refractivity contribution in [2.75, 3.05) is 26.2 Å². The second-order valence-electron chi connectivity index (χ2n) is 5.22. The molecule has 0 atom stereocenters. The van der Waals surface area contributed by atoms with Gasteiger partial charge in [0.25, 0.3) is 0 Å². The van der Waals surface area contributed by atoms with Crippen LogP contribution in [0.15, 0.2) is 24.3 Å². The van der Waals surface area contributed by atoms with E-state index in [1.165, 1.54) is 5.56 Å². The third kappa shape index (κ3) is 4.85. The van der Waals surface area contributed by atoms with E-state index in [9.17, 15) is 4.79 Å². The lowest BCUT2D eigenvalue weighted by Gasteiger charge is -2.19. The van der Waals surface area contributed by atoms with Gasteiger partial charge in [-0.15, -0.1) is 0 Å². The van der Waals surface area contributed by atoms with E-state index in [1.54, 1.807) is 0 Å². The predicted octanol–water partition coefficient (Wildman–Crippen LogP) is 2.19. The van der Waals surface area contributed by atoms with Crippen LogP contribution in [0.25, 0.3) is 0 Å². The fraction of sp³-hybridized carbons (Fsp3) is 0.562. The minimum absolute atomic E-state index is 0.159. The molecule has 1 aliphatic heterocycles. The van der Waals surface area contributed by atoms with Gasteiger partial charge >= 0.3 is 0 Å². The molecule has 0 aromatic heterocycles. The molecule has 1 N–H and O–H groups in total. The second-order valence-corrected chi connectivity index (χ2v) is 5.22. The number of benzene rings is 1. The van der Waals surface area contributed by atoms with Crippen LogP contribution in [0.1, 0.15) is 31.7 Å². The zero-order valence-corrected chi connectivity index (χ0v) is 12.2. The minimum atomic E-state index is 0.159. The van der Waals surface area contributed by atoms with Crippen LogP contribution in [-0.2, 0) is 11.3 Å². The fourth-order valence-electron chi connectivity index (χ4n) is 2.26. The quantitative estimate of drug-likeness (QED) is 0.810. The Morgan fingerprint density at radius 2 is 2.05 bits per heavy atom. The van der Waals surface area contributed by atoms with Crippen LogP contribution >= 0.6 is 0 Å². The van der Waals surface area contributed by atoms with Crippen LogP contribution < -0.4 is 10.1 Å². The van der Waals surface area contributed by atoms with Gasteiger partial charge in [0.2, 0.25) is 5.91 Å².